The lowest BCUT2D eigenvalue weighted by molar-refractivity contribution is 0.545. The van der Waals surface area contributed by atoms with Crippen molar-refractivity contribution in [1.82, 2.24) is 5.32 Å². The first kappa shape index (κ1) is 16.1. The Kier molecular flexibility index (Phi) is 5.44. The SMILES string of the molecule is CCNC(Cc1ccccc1Cl)c1c(C)cc(C)cc1C. The fraction of sp³-hybridized carbons (Fsp3) is 0.368. The van der Waals surface area contributed by atoms with Crippen molar-refractivity contribution in [1.29, 1.82) is 0 Å². The molecular formula is C19H24ClN. The van der Waals surface area contributed by atoms with E-state index in [0.717, 1.165) is 18.0 Å². The molecule has 0 aliphatic heterocycles. The Hall–Kier alpha value is -1.31. The molecule has 2 heteroatoms. The average Bonchev–Trinajstić information content (AvgIpc) is 2.40. The number of likely N-dealkylation sites (N-methyl/N-ethyl adjacent to an activating group) is 1. The minimum absolute atomic E-state index is 0.301. The summed E-state index contributed by atoms with van der Waals surface area (Å²) >= 11 is 6.33. The van der Waals surface area contributed by atoms with Gasteiger partial charge in [0, 0.05) is 11.1 Å². The van der Waals surface area contributed by atoms with Gasteiger partial charge in [0.2, 0.25) is 0 Å². The third-order valence-electron chi connectivity index (χ3n) is 3.92. The van der Waals surface area contributed by atoms with Gasteiger partial charge < -0.3 is 5.32 Å². The van der Waals surface area contributed by atoms with E-state index in [1.807, 2.05) is 12.1 Å². The van der Waals surface area contributed by atoms with Crippen LogP contribution in [0, 0.1) is 20.8 Å². The van der Waals surface area contributed by atoms with Crippen molar-refractivity contribution < 1.29 is 0 Å². The lowest BCUT2D eigenvalue weighted by atomic mass is 9.90. The Bertz CT molecular complexity index is 596. The lowest BCUT2D eigenvalue weighted by Gasteiger charge is -2.23. The first-order chi connectivity index (χ1) is 10.0. The molecule has 2 aromatic rings. The van der Waals surface area contributed by atoms with E-state index < -0.39 is 0 Å². The number of hydrogen-bond acceptors (Lipinski definition) is 1. The molecule has 0 fully saturated rings. The van der Waals surface area contributed by atoms with Gasteiger partial charge in [-0.15, -0.1) is 0 Å². The second-order valence-electron chi connectivity index (χ2n) is 5.72. The molecule has 1 N–H and O–H groups in total. The molecule has 0 saturated carbocycles. The summed E-state index contributed by atoms with van der Waals surface area (Å²) in [5, 5.41) is 4.47. The van der Waals surface area contributed by atoms with E-state index in [0.29, 0.717) is 6.04 Å². The second-order valence-corrected chi connectivity index (χ2v) is 6.13. The van der Waals surface area contributed by atoms with Gasteiger partial charge in [0.15, 0.2) is 0 Å². The molecule has 21 heavy (non-hydrogen) atoms. The van der Waals surface area contributed by atoms with Crippen LogP contribution in [-0.4, -0.2) is 6.54 Å². The minimum Gasteiger partial charge on any atom is -0.310 e. The maximum atomic E-state index is 6.33. The van der Waals surface area contributed by atoms with Gasteiger partial charge in [0.1, 0.15) is 0 Å². The number of aryl methyl sites for hydroxylation is 3. The van der Waals surface area contributed by atoms with Crippen molar-refractivity contribution in [3.05, 3.63) is 69.2 Å². The van der Waals surface area contributed by atoms with E-state index in [2.05, 4.69) is 57.3 Å². The summed E-state index contributed by atoms with van der Waals surface area (Å²) in [7, 11) is 0. The van der Waals surface area contributed by atoms with Gasteiger partial charge in [0.25, 0.3) is 0 Å². The first-order valence-corrected chi connectivity index (χ1v) is 7.95. The summed E-state index contributed by atoms with van der Waals surface area (Å²) in [5.41, 5.74) is 6.63. The molecule has 112 valence electrons. The topological polar surface area (TPSA) is 12.0 Å². The quantitative estimate of drug-likeness (QED) is 0.804. The molecule has 0 amide bonds. The average molecular weight is 302 g/mol. The molecule has 1 nitrogen and oxygen atoms in total. The third kappa shape index (κ3) is 3.87. The predicted octanol–water partition coefficient (Wildman–Crippen LogP) is 5.16. The lowest BCUT2D eigenvalue weighted by Crippen LogP contribution is -2.24. The molecule has 2 aromatic carbocycles. The highest BCUT2D eigenvalue weighted by atomic mass is 35.5. The normalized spacial score (nSPS) is 12.4. The summed E-state index contributed by atoms with van der Waals surface area (Å²) in [6, 6.07) is 12.9. The monoisotopic (exact) mass is 301 g/mol. The largest absolute Gasteiger partial charge is 0.310 e. The maximum absolute atomic E-state index is 6.33. The predicted molar refractivity (Wildman–Crippen MR) is 92.2 cm³/mol. The van der Waals surface area contributed by atoms with E-state index in [9.17, 15) is 0 Å². The second kappa shape index (κ2) is 7.11. The van der Waals surface area contributed by atoms with E-state index in [-0.39, 0.29) is 0 Å². The van der Waals surface area contributed by atoms with Crippen LogP contribution in [0.3, 0.4) is 0 Å². The van der Waals surface area contributed by atoms with Crippen molar-refractivity contribution in [2.75, 3.05) is 6.54 Å². The molecule has 0 aliphatic carbocycles. The summed E-state index contributed by atoms with van der Waals surface area (Å²) < 4.78 is 0. The number of nitrogens with one attached hydrogen (secondary N) is 1. The number of benzene rings is 2. The van der Waals surface area contributed by atoms with Crippen LogP contribution in [0.15, 0.2) is 36.4 Å². The Balaban J connectivity index is 2.38. The molecule has 1 atom stereocenters. The van der Waals surface area contributed by atoms with Crippen LogP contribution in [0.25, 0.3) is 0 Å². The zero-order chi connectivity index (χ0) is 15.4. The molecule has 0 spiro atoms. The highest BCUT2D eigenvalue weighted by Gasteiger charge is 2.17. The smallest absolute Gasteiger partial charge is 0.0438 e. The van der Waals surface area contributed by atoms with Crippen molar-refractivity contribution in [3.63, 3.8) is 0 Å². The molecule has 0 heterocycles. The van der Waals surface area contributed by atoms with Crippen molar-refractivity contribution >= 4 is 11.6 Å². The van der Waals surface area contributed by atoms with Gasteiger partial charge in [-0.2, -0.15) is 0 Å². The third-order valence-corrected chi connectivity index (χ3v) is 4.29. The van der Waals surface area contributed by atoms with Crippen molar-refractivity contribution in [2.45, 2.75) is 40.2 Å². The first-order valence-electron chi connectivity index (χ1n) is 7.57. The Morgan fingerprint density at radius 1 is 1.05 bits per heavy atom. The van der Waals surface area contributed by atoms with Crippen molar-refractivity contribution in [2.24, 2.45) is 0 Å². The summed E-state index contributed by atoms with van der Waals surface area (Å²) in [6.45, 7) is 9.65. The van der Waals surface area contributed by atoms with Crippen LogP contribution in [0.5, 0.6) is 0 Å². The summed E-state index contributed by atoms with van der Waals surface area (Å²) in [6.07, 6.45) is 0.915. The molecular weight excluding hydrogens is 278 g/mol. The molecule has 0 saturated heterocycles. The van der Waals surface area contributed by atoms with Crippen LogP contribution in [0.1, 0.15) is 40.8 Å². The Morgan fingerprint density at radius 3 is 2.24 bits per heavy atom. The molecule has 1 unspecified atom stereocenters. The Morgan fingerprint density at radius 2 is 1.67 bits per heavy atom. The highest BCUT2D eigenvalue weighted by Crippen LogP contribution is 2.28. The number of halogens is 1. The molecule has 0 aromatic heterocycles. The highest BCUT2D eigenvalue weighted by molar-refractivity contribution is 6.31. The molecule has 2 rings (SSSR count). The molecule has 0 bridgehead atoms. The Labute approximate surface area is 133 Å². The van der Waals surface area contributed by atoms with Gasteiger partial charge in [-0.3, -0.25) is 0 Å². The van der Waals surface area contributed by atoms with Crippen LogP contribution in [0.4, 0.5) is 0 Å². The zero-order valence-corrected chi connectivity index (χ0v) is 14.1. The van der Waals surface area contributed by atoms with E-state index in [1.165, 1.54) is 27.8 Å². The van der Waals surface area contributed by atoms with Crippen LogP contribution < -0.4 is 5.32 Å². The number of hydrogen-bond donors (Lipinski definition) is 1. The standard InChI is InChI=1S/C19H24ClN/c1-5-21-18(12-16-8-6-7-9-17(16)20)19-14(3)10-13(2)11-15(19)4/h6-11,18,21H,5,12H2,1-4H3. The maximum Gasteiger partial charge on any atom is 0.0438 e. The van der Waals surface area contributed by atoms with Crippen LogP contribution >= 0.6 is 11.6 Å². The summed E-state index contributed by atoms with van der Waals surface area (Å²) in [5.74, 6) is 0. The molecule has 0 aliphatic rings. The van der Waals surface area contributed by atoms with Crippen LogP contribution in [-0.2, 0) is 6.42 Å². The van der Waals surface area contributed by atoms with Crippen LogP contribution in [0.2, 0.25) is 5.02 Å². The fourth-order valence-corrected chi connectivity index (χ4v) is 3.36. The summed E-state index contributed by atoms with van der Waals surface area (Å²) in [4.78, 5) is 0. The molecule has 0 radical (unpaired) electrons. The number of rotatable bonds is 5. The van der Waals surface area contributed by atoms with Gasteiger partial charge in [-0.05, 0) is 62.1 Å². The van der Waals surface area contributed by atoms with Crippen molar-refractivity contribution in [3.8, 4) is 0 Å². The van der Waals surface area contributed by atoms with E-state index in [4.69, 9.17) is 11.6 Å². The minimum atomic E-state index is 0.301. The van der Waals surface area contributed by atoms with Gasteiger partial charge >= 0.3 is 0 Å². The van der Waals surface area contributed by atoms with E-state index >= 15 is 0 Å². The zero-order valence-electron chi connectivity index (χ0n) is 13.3. The van der Waals surface area contributed by atoms with Gasteiger partial charge in [-0.1, -0.05) is 54.4 Å². The van der Waals surface area contributed by atoms with Gasteiger partial charge in [0.05, 0.1) is 0 Å². The van der Waals surface area contributed by atoms with E-state index in [1.54, 1.807) is 0 Å². The fourth-order valence-electron chi connectivity index (χ4n) is 3.15. The van der Waals surface area contributed by atoms with Gasteiger partial charge in [-0.25, -0.2) is 0 Å².